The van der Waals surface area contributed by atoms with E-state index in [1.807, 2.05) is 18.2 Å². The van der Waals surface area contributed by atoms with Crippen LogP contribution in [0, 0.1) is 47.7 Å². The molecule has 0 radical (unpaired) electrons. The van der Waals surface area contributed by atoms with Crippen molar-refractivity contribution >= 4 is 11.7 Å². The molecule has 6 rings (SSSR count). The summed E-state index contributed by atoms with van der Waals surface area (Å²) in [5.41, 5.74) is 16.5. The summed E-state index contributed by atoms with van der Waals surface area (Å²) in [4.78, 5) is 8.93. The zero-order valence-corrected chi connectivity index (χ0v) is 36.7. The standard InChI is InChI=1S/C48H76N6O6/c1-30(25-53-48(50)51-3)11-14-33-15-17-37(49)22-35(33)7-4-5-10-46-36(28-55)23-38(60-46)18-12-32-13-20-44(57)47(21-32)59-29-45(58)43-24-40-41(27-52-26-31(2)56)39-9-6-8-34(39)16-19-42(40)54-43/h13,20-21,23-24,30-31,33-35,37,39,41,45-46,52,55-58H,4-12,14-19,22,25-29,49H2,1-3H3,(H3,50,51,53)/t30-,31+,33+,34-,35-,37+,39+,41+,45+,46?/m1/s1. The Morgan fingerprint density at radius 1 is 1.08 bits per heavy atom. The molecule has 12 nitrogen and oxygen atoms in total. The van der Waals surface area contributed by atoms with Crippen molar-refractivity contribution in [1.82, 2.24) is 10.6 Å². The third-order valence-electron chi connectivity index (χ3n) is 14.1. The molecule has 10 atom stereocenters. The Bertz CT molecular complexity index is 1630. The second-order valence-electron chi connectivity index (χ2n) is 18.7. The van der Waals surface area contributed by atoms with Gasteiger partial charge in [0.1, 0.15) is 12.2 Å². The number of hydrogen-bond acceptors (Lipinski definition) is 10. The van der Waals surface area contributed by atoms with Gasteiger partial charge < -0.3 is 52.0 Å². The fraction of sp³-hybridized carbons (Fsp3) is 0.708. The Morgan fingerprint density at radius 3 is 2.72 bits per heavy atom. The Morgan fingerprint density at radius 2 is 1.92 bits per heavy atom. The lowest BCUT2D eigenvalue weighted by atomic mass is 9.72. The van der Waals surface area contributed by atoms with E-state index >= 15 is 0 Å². The van der Waals surface area contributed by atoms with E-state index in [-0.39, 0.29) is 25.1 Å². The molecule has 3 saturated carbocycles. The predicted octanol–water partition coefficient (Wildman–Crippen LogP) is 5.88. The number of benzene rings is 1. The summed E-state index contributed by atoms with van der Waals surface area (Å²) < 4.78 is 12.4. The van der Waals surface area contributed by atoms with Crippen LogP contribution in [0.1, 0.15) is 116 Å². The molecule has 1 unspecified atom stereocenters. The minimum atomic E-state index is -0.933. The first kappa shape index (κ1) is 46.2. The summed E-state index contributed by atoms with van der Waals surface area (Å²) in [7, 11) is 1.70. The fourth-order valence-electron chi connectivity index (χ4n) is 10.7. The van der Waals surface area contributed by atoms with E-state index in [0.29, 0.717) is 78.7 Å². The maximum absolute atomic E-state index is 11.3. The maximum atomic E-state index is 11.3. The molecule has 0 bridgehead atoms. The van der Waals surface area contributed by atoms with E-state index in [0.717, 1.165) is 81.0 Å². The number of nitrogens with two attached hydrogens (primary N) is 2. The highest BCUT2D eigenvalue weighted by atomic mass is 16.5. The van der Waals surface area contributed by atoms with E-state index in [1.165, 1.54) is 50.5 Å². The van der Waals surface area contributed by atoms with E-state index in [4.69, 9.17) is 25.9 Å². The van der Waals surface area contributed by atoms with E-state index in [1.54, 1.807) is 20.0 Å². The van der Waals surface area contributed by atoms with Crippen molar-refractivity contribution in [2.75, 3.05) is 39.9 Å². The molecular weight excluding hydrogens is 757 g/mol. The van der Waals surface area contributed by atoms with E-state index in [9.17, 15) is 20.4 Å². The van der Waals surface area contributed by atoms with Gasteiger partial charge in [-0.3, -0.25) is 4.99 Å². The highest BCUT2D eigenvalue weighted by molar-refractivity contribution is 6.04. The number of aliphatic hydroxyl groups is 3. The van der Waals surface area contributed by atoms with Gasteiger partial charge in [0.15, 0.2) is 35.3 Å². The number of hydrogen-bond donors (Lipinski definition) is 8. The van der Waals surface area contributed by atoms with Crippen LogP contribution in [0.15, 0.2) is 51.5 Å². The minimum Gasteiger partial charge on any atom is -0.504 e. The Kier molecular flexibility index (Phi) is 17.5. The van der Waals surface area contributed by atoms with Crippen molar-refractivity contribution in [3.05, 3.63) is 59.2 Å². The van der Waals surface area contributed by atoms with Crippen LogP contribution in [0.2, 0.25) is 0 Å². The average molecular weight is 833 g/mol. The number of aliphatic hydroxyl groups excluding tert-OH is 3. The molecule has 5 aliphatic rings. The first-order valence-corrected chi connectivity index (χ1v) is 23.2. The number of guanidine groups is 1. The maximum Gasteiger partial charge on any atom is 0.189 e. The van der Waals surface area contributed by atoms with Crippen molar-refractivity contribution in [1.29, 1.82) is 0 Å². The number of phenolic OH excluding ortho intramolecular Hbond substituents is 1. The van der Waals surface area contributed by atoms with Gasteiger partial charge in [0.05, 0.1) is 18.1 Å². The SMILES string of the molecule is CN=C(N)NC[C@H](C)CC[C@H]1CC[C@H](N)C[C@H]1CCCCC1O[C-](CCc2ccc(O)c(OC[C@H](O)[C+]3C=C4C(=N3)CC[C@H]3CCC[C@@H]3[C@@H]4CNC[C@H](C)O)c2)C=C1CO. The first-order chi connectivity index (χ1) is 29.0. The Labute approximate surface area is 359 Å². The lowest BCUT2D eigenvalue weighted by Crippen LogP contribution is -2.35. The van der Waals surface area contributed by atoms with Crippen LogP contribution in [-0.4, -0.2) is 96.3 Å². The number of aromatic hydroxyl groups is 1. The molecular formula is C48H76N6O6. The first-order valence-electron chi connectivity index (χ1n) is 23.2. The number of ether oxygens (including phenoxy) is 2. The number of nitrogens with zero attached hydrogens (tertiary/aromatic N) is 2. The number of nitrogens with one attached hydrogen (secondary N) is 2. The van der Waals surface area contributed by atoms with Crippen molar-refractivity contribution in [2.45, 2.75) is 141 Å². The second-order valence-corrected chi connectivity index (χ2v) is 18.7. The van der Waals surface area contributed by atoms with Crippen LogP contribution in [0.5, 0.6) is 11.5 Å². The van der Waals surface area contributed by atoms with Crippen LogP contribution >= 0.6 is 0 Å². The van der Waals surface area contributed by atoms with Gasteiger partial charge in [-0.2, -0.15) is 11.6 Å². The fourth-order valence-corrected chi connectivity index (χ4v) is 10.7. The lowest BCUT2D eigenvalue weighted by Gasteiger charge is -2.36. The zero-order valence-electron chi connectivity index (χ0n) is 36.7. The summed E-state index contributed by atoms with van der Waals surface area (Å²) in [5.74, 6) is 4.36. The molecule has 2 heterocycles. The molecule has 0 spiro atoms. The van der Waals surface area contributed by atoms with Crippen LogP contribution in [0.4, 0.5) is 0 Å². The molecule has 1 aromatic rings. The molecule has 0 aromatic heterocycles. The van der Waals surface area contributed by atoms with E-state index < -0.39 is 12.2 Å². The Hall–Kier alpha value is -3.26. The molecule has 3 aliphatic carbocycles. The third kappa shape index (κ3) is 12.9. The van der Waals surface area contributed by atoms with Gasteiger partial charge in [-0.05, 0) is 112 Å². The largest absolute Gasteiger partial charge is 0.504 e. The highest BCUT2D eigenvalue weighted by Crippen LogP contribution is 2.47. The van der Waals surface area contributed by atoms with Gasteiger partial charge in [-0.25, -0.2) is 0 Å². The molecule has 12 heteroatoms. The van der Waals surface area contributed by atoms with Crippen LogP contribution in [-0.2, 0) is 11.2 Å². The molecule has 60 heavy (non-hydrogen) atoms. The van der Waals surface area contributed by atoms with Gasteiger partial charge in [-0.1, -0.05) is 57.6 Å². The quantitative estimate of drug-likeness (QED) is 0.0302. The summed E-state index contributed by atoms with van der Waals surface area (Å²) in [6, 6.07) is 6.28. The lowest BCUT2D eigenvalue weighted by molar-refractivity contribution is 0.101. The topological polar surface area (TPSA) is 200 Å². The second kappa shape index (κ2) is 22.7. The molecule has 1 aromatic carbocycles. The number of phenols is 1. The minimum absolute atomic E-state index is 0.0150. The van der Waals surface area contributed by atoms with Gasteiger partial charge >= 0.3 is 0 Å². The predicted molar refractivity (Wildman–Crippen MR) is 239 cm³/mol. The summed E-state index contributed by atoms with van der Waals surface area (Å²) in [6.45, 7) is 6.24. The van der Waals surface area contributed by atoms with Gasteiger partial charge in [-0.15, -0.1) is 4.99 Å². The number of unbranched alkanes of at least 4 members (excludes halogenated alkanes) is 1. The molecule has 334 valence electrons. The molecule has 0 amide bonds. The number of rotatable bonds is 22. The molecule has 2 aliphatic heterocycles. The highest BCUT2D eigenvalue weighted by Gasteiger charge is 2.47. The third-order valence-corrected chi connectivity index (χ3v) is 14.1. The van der Waals surface area contributed by atoms with Crippen LogP contribution in [0.25, 0.3) is 0 Å². The summed E-state index contributed by atoms with van der Waals surface area (Å²) >= 11 is 0. The number of aryl methyl sites for hydroxylation is 1. The molecule has 0 saturated heterocycles. The van der Waals surface area contributed by atoms with Crippen molar-refractivity contribution in [3.63, 3.8) is 0 Å². The normalized spacial score (nSPS) is 28.4. The van der Waals surface area contributed by atoms with Crippen molar-refractivity contribution < 1.29 is 29.9 Å². The van der Waals surface area contributed by atoms with Crippen molar-refractivity contribution in [2.24, 2.45) is 57.0 Å². The van der Waals surface area contributed by atoms with Crippen LogP contribution < -0.4 is 26.8 Å². The summed E-state index contributed by atoms with van der Waals surface area (Å²) in [6.07, 6.45) is 20.7. The Balaban J connectivity index is 0.940. The molecule has 10 N–H and O–H groups in total. The van der Waals surface area contributed by atoms with Crippen molar-refractivity contribution in [3.8, 4) is 11.5 Å². The molecule has 3 fully saturated rings. The summed E-state index contributed by atoms with van der Waals surface area (Å²) in [5, 5.41) is 48.7. The van der Waals surface area contributed by atoms with Gasteiger partial charge in [0.25, 0.3) is 0 Å². The average Bonchev–Trinajstić information content (AvgIpc) is 3.98. The number of aliphatic imine (C=N–C) groups is 2. The number of fused-ring (bicyclic) bond motifs is 2. The monoisotopic (exact) mass is 833 g/mol. The van der Waals surface area contributed by atoms with Crippen LogP contribution in [0.3, 0.4) is 0 Å². The zero-order chi connectivity index (χ0) is 42.6. The van der Waals surface area contributed by atoms with Gasteiger partial charge in [0.2, 0.25) is 0 Å². The van der Waals surface area contributed by atoms with E-state index in [2.05, 4.69) is 28.6 Å². The van der Waals surface area contributed by atoms with Gasteiger partial charge in [0, 0.05) is 51.9 Å². The smallest absolute Gasteiger partial charge is 0.189 e.